The first-order chi connectivity index (χ1) is 7.25. The van der Waals surface area contributed by atoms with Crippen LogP contribution in [0.25, 0.3) is 10.6 Å². The van der Waals surface area contributed by atoms with Crippen molar-refractivity contribution < 1.29 is 0 Å². The Balaban J connectivity index is 2.21. The highest BCUT2D eigenvalue weighted by molar-refractivity contribution is 7.15. The average Bonchev–Trinajstić information content (AvgIpc) is 2.67. The van der Waals surface area contributed by atoms with Crippen molar-refractivity contribution in [2.45, 2.75) is 6.54 Å². The zero-order chi connectivity index (χ0) is 10.7. The van der Waals surface area contributed by atoms with Gasteiger partial charge in [-0.1, -0.05) is 6.07 Å². The summed E-state index contributed by atoms with van der Waals surface area (Å²) in [5, 5.41) is 0. The smallest absolute Gasteiger partial charge is 0.0801 e. The van der Waals surface area contributed by atoms with Crippen molar-refractivity contribution in [3.8, 4) is 10.6 Å². The first-order valence-electron chi connectivity index (χ1n) is 4.90. The van der Waals surface area contributed by atoms with E-state index in [9.17, 15) is 0 Å². The maximum atomic E-state index is 4.34. The fourth-order valence-electron chi connectivity index (χ4n) is 1.42. The molecular weight excluding hydrogens is 204 g/mol. The fourth-order valence-corrected chi connectivity index (χ4v) is 2.52. The topological polar surface area (TPSA) is 16.1 Å². The number of thiophene rings is 1. The van der Waals surface area contributed by atoms with Crippen molar-refractivity contribution in [3.63, 3.8) is 0 Å². The molecule has 2 rings (SSSR count). The number of aromatic nitrogens is 1. The summed E-state index contributed by atoms with van der Waals surface area (Å²) in [5.74, 6) is 0. The van der Waals surface area contributed by atoms with E-state index in [1.807, 2.05) is 35.7 Å². The summed E-state index contributed by atoms with van der Waals surface area (Å²) >= 11 is 1.81. The molecule has 0 radical (unpaired) electrons. The molecule has 0 fully saturated rings. The predicted molar refractivity (Wildman–Crippen MR) is 64.9 cm³/mol. The van der Waals surface area contributed by atoms with Gasteiger partial charge in [-0.05, 0) is 38.4 Å². The van der Waals surface area contributed by atoms with E-state index in [1.54, 1.807) is 0 Å². The lowest BCUT2D eigenvalue weighted by atomic mass is 10.3. The number of hydrogen-bond donors (Lipinski definition) is 0. The highest BCUT2D eigenvalue weighted by Gasteiger charge is 2.03. The van der Waals surface area contributed by atoms with Gasteiger partial charge in [0.25, 0.3) is 0 Å². The lowest BCUT2D eigenvalue weighted by Crippen LogP contribution is -2.09. The molecule has 0 spiro atoms. The first kappa shape index (κ1) is 10.3. The minimum Gasteiger partial charge on any atom is -0.304 e. The third-order valence-corrected chi connectivity index (χ3v) is 3.14. The normalized spacial score (nSPS) is 10.9. The summed E-state index contributed by atoms with van der Waals surface area (Å²) in [6.07, 6.45) is 1.83. The van der Waals surface area contributed by atoms with Crippen molar-refractivity contribution >= 4 is 11.3 Å². The van der Waals surface area contributed by atoms with Crippen molar-refractivity contribution in [1.29, 1.82) is 0 Å². The van der Waals surface area contributed by atoms with Crippen LogP contribution >= 0.6 is 11.3 Å². The molecule has 78 valence electrons. The lowest BCUT2D eigenvalue weighted by Gasteiger charge is -2.05. The van der Waals surface area contributed by atoms with Crippen LogP contribution in [0.2, 0.25) is 0 Å². The van der Waals surface area contributed by atoms with Gasteiger partial charge in [-0.15, -0.1) is 11.3 Å². The highest BCUT2D eigenvalue weighted by Crippen LogP contribution is 2.26. The van der Waals surface area contributed by atoms with Gasteiger partial charge in [0.1, 0.15) is 0 Å². The van der Waals surface area contributed by atoms with E-state index in [1.165, 1.54) is 9.75 Å². The maximum Gasteiger partial charge on any atom is 0.0801 e. The molecule has 0 amide bonds. The van der Waals surface area contributed by atoms with Crippen LogP contribution in [0.3, 0.4) is 0 Å². The molecule has 0 saturated carbocycles. The third kappa shape index (κ3) is 2.64. The molecule has 2 aromatic heterocycles. The summed E-state index contributed by atoms with van der Waals surface area (Å²) in [4.78, 5) is 9.13. The molecule has 0 aliphatic rings. The largest absolute Gasteiger partial charge is 0.304 e. The summed E-state index contributed by atoms with van der Waals surface area (Å²) in [7, 11) is 4.17. The molecule has 0 aromatic carbocycles. The first-order valence-corrected chi connectivity index (χ1v) is 5.72. The Labute approximate surface area is 94.2 Å². The standard InChI is InChI=1S/C12H14N2S/c1-14(2)9-10-6-7-12(15-10)11-5-3-4-8-13-11/h3-8H,9H2,1-2H3. The Morgan fingerprint density at radius 3 is 2.73 bits per heavy atom. The van der Waals surface area contributed by atoms with Crippen LogP contribution in [-0.4, -0.2) is 24.0 Å². The molecule has 0 N–H and O–H groups in total. The Hall–Kier alpha value is -1.19. The number of rotatable bonds is 3. The van der Waals surface area contributed by atoms with Crippen LogP contribution in [0, 0.1) is 0 Å². The minimum absolute atomic E-state index is 0.998. The SMILES string of the molecule is CN(C)Cc1ccc(-c2ccccn2)s1. The Kier molecular flexibility index (Phi) is 3.14. The Morgan fingerprint density at radius 2 is 2.07 bits per heavy atom. The predicted octanol–water partition coefficient (Wildman–Crippen LogP) is 2.87. The fraction of sp³-hybridized carbons (Fsp3) is 0.250. The lowest BCUT2D eigenvalue weighted by molar-refractivity contribution is 0.406. The van der Waals surface area contributed by atoms with E-state index in [0.717, 1.165) is 12.2 Å². The molecule has 2 aromatic rings. The molecule has 2 heterocycles. The zero-order valence-electron chi connectivity index (χ0n) is 8.97. The molecule has 2 nitrogen and oxygen atoms in total. The second-order valence-corrected chi connectivity index (χ2v) is 4.89. The van der Waals surface area contributed by atoms with Gasteiger partial charge >= 0.3 is 0 Å². The third-order valence-electron chi connectivity index (χ3n) is 2.05. The maximum absolute atomic E-state index is 4.34. The number of nitrogens with zero attached hydrogens (tertiary/aromatic N) is 2. The molecule has 15 heavy (non-hydrogen) atoms. The van der Waals surface area contributed by atoms with Crippen LogP contribution in [0.15, 0.2) is 36.5 Å². The van der Waals surface area contributed by atoms with E-state index in [2.05, 4.69) is 36.1 Å². The molecule has 3 heteroatoms. The molecule has 0 atom stereocenters. The van der Waals surface area contributed by atoms with Crippen LogP contribution in [0.5, 0.6) is 0 Å². The van der Waals surface area contributed by atoms with Crippen molar-refractivity contribution in [1.82, 2.24) is 9.88 Å². The van der Waals surface area contributed by atoms with E-state index in [0.29, 0.717) is 0 Å². The van der Waals surface area contributed by atoms with Gasteiger partial charge in [0.2, 0.25) is 0 Å². The molecule has 0 saturated heterocycles. The van der Waals surface area contributed by atoms with Gasteiger partial charge in [0.05, 0.1) is 10.6 Å². The quantitative estimate of drug-likeness (QED) is 0.787. The van der Waals surface area contributed by atoms with Crippen molar-refractivity contribution in [2.75, 3.05) is 14.1 Å². The van der Waals surface area contributed by atoms with E-state index in [4.69, 9.17) is 0 Å². The second kappa shape index (κ2) is 4.55. The Morgan fingerprint density at radius 1 is 1.20 bits per heavy atom. The van der Waals surface area contributed by atoms with Crippen LogP contribution < -0.4 is 0 Å². The van der Waals surface area contributed by atoms with E-state index in [-0.39, 0.29) is 0 Å². The van der Waals surface area contributed by atoms with Gasteiger partial charge in [-0.25, -0.2) is 0 Å². The monoisotopic (exact) mass is 218 g/mol. The van der Waals surface area contributed by atoms with Crippen molar-refractivity contribution in [2.24, 2.45) is 0 Å². The summed E-state index contributed by atoms with van der Waals surface area (Å²) < 4.78 is 0. The molecule has 0 bridgehead atoms. The average molecular weight is 218 g/mol. The van der Waals surface area contributed by atoms with Crippen LogP contribution in [0.1, 0.15) is 4.88 Å². The van der Waals surface area contributed by atoms with Crippen LogP contribution in [0.4, 0.5) is 0 Å². The summed E-state index contributed by atoms with van der Waals surface area (Å²) in [5.41, 5.74) is 1.06. The van der Waals surface area contributed by atoms with Crippen LogP contribution in [-0.2, 0) is 6.54 Å². The number of pyridine rings is 1. The molecule has 0 unspecified atom stereocenters. The van der Waals surface area contributed by atoms with Gasteiger partial charge in [0, 0.05) is 17.6 Å². The highest BCUT2D eigenvalue weighted by atomic mass is 32.1. The molecule has 0 aliphatic heterocycles. The van der Waals surface area contributed by atoms with Crippen molar-refractivity contribution in [3.05, 3.63) is 41.4 Å². The van der Waals surface area contributed by atoms with Gasteiger partial charge in [-0.3, -0.25) is 4.98 Å². The summed E-state index contributed by atoms with van der Waals surface area (Å²) in [6.45, 7) is 0.998. The van der Waals surface area contributed by atoms with E-state index >= 15 is 0 Å². The Bertz CT molecular complexity index is 420. The zero-order valence-corrected chi connectivity index (χ0v) is 9.79. The second-order valence-electron chi connectivity index (χ2n) is 3.72. The number of hydrogen-bond acceptors (Lipinski definition) is 3. The van der Waals surface area contributed by atoms with E-state index < -0.39 is 0 Å². The molecule has 0 aliphatic carbocycles. The van der Waals surface area contributed by atoms with Gasteiger partial charge < -0.3 is 4.90 Å². The van der Waals surface area contributed by atoms with Gasteiger partial charge in [-0.2, -0.15) is 0 Å². The van der Waals surface area contributed by atoms with Gasteiger partial charge in [0.15, 0.2) is 0 Å². The minimum atomic E-state index is 0.998. The molecular formula is C12H14N2S. The summed E-state index contributed by atoms with van der Waals surface area (Å²) in [6, 6.07) is 10.3.